The van der Waals surface area contributed by atoms with Crippen LogP contribution in [0.2, 0.25) is 0 Å². The molecule has 5 nitrogen and oxygen atoms in total. The summed E-state index contributed by atoms with van der Waals surface area (Å²) in [6, 6.07) is 5.85. The Bertz CT molecular complexity index is 620. The van der Waals surface area contributed by atoms with Crippen LogP contribution in [0.25, 0.3) is 0 Å². The molecule has 0 radical (unpaired) electrons. The Morgan fingerprint density at radius 2 is 2.10 bits per heavy atom. The standard InChI is InChI=1S/C15H18BrN3O2/c1-4-7-17-14-13(20-3)15(19-9-18-14)21-12-6-5-10(2)8-11(12)16/h5-6,8-9H,4,7H2,1-3H3,(H,17,18,19). The summed E-state index contributed by atoms with van der Waals surface area (Å²) in [5, 5.41) is 3.20. The first-order chi connectivity index (χ1) is 10.2. The van der Waals surface area contributed by atoms with Gasteiger partial charge in [-0.05, 0) is 47.0 Å². The number of nitrogens with zero attached hydrogens (tertiary/aromatic N) is 2. The van der Waals surface area contributed by atoms with Gasteiger partial charge in [0.2, 0.25) is 5.75 Å². The Labute approximate surface area is 132 Å². The molecule has 0 aliphatic carbocycles. The van der Waals surface area contributed by atoms with Crippen LogP contribution in [0.15, 0.2) is 29.0 Å². The van der Waals surface area contributed by atoms with Gasteiger partial charge < -0.3 is 14.8 Å². The fourth-order valence-electron chi connectivity index (χ4n) is 1.78. The average molecular weight is 352 g/mol. The van der Waals surface area contributed by atoms with Gasteiger partial charge in [-0.2, -0.15) is 4.98 Å². The monoisotopic (exact) mass is 351 g/mol. The Morgan fingerprint density at radius 3 is 2.76 bits per heavy atom. The van der Waals surface area contributed by atoms with Crippen LogP contribution < -0.4 is 14.8 Å². The van der Waals surface area contributed by atoms with Gasteiger partial charge in [-0.3, -0.25) is 0 Å². The van der Waals surface area contributed by atoms with E-state index in [1.807, 2.05) is 25.1 Å². The molecule has 2 rings (SSSR count). The van der Waals surface area contributed by atoms with Gasteiger partial charge in [-0.25, -0.2) is 4.98 Å². The van der Waals surface area contributed by atoms with Crippen molar-refractivity contribution in [3.63, 3.8) is 0 Å². The lowest BCUT2D eigenvalue weighted by Crippen LogP contribution is -2.06. The SMILES string of the molecule is CCCNc1ncnc(Oc2ccc(C)cc2Br)c1OC. The molecule has 0 amide bonds. The van der Waals surface area contributed by atoms with E-state index in [1.54, 1.807) is 7.11 Å². The maximum Gasteiger partial charge on any atom is 0.268 e. The average Bonchev–Trinajstić information content (AvgIpc) is 2.48. The fourth-order valence-corrected chi connectivity index (χ4v) is 2.35. The van der Waals surface area contributed by atoms with Crippen molar-refractivity contribution in [3.8, 4) is 17.4 Å². The number of benzene rings is 1. The maximum absolute atomic E-state index is 5.84. The van der Waals surface area contributed by atoms with Crippen molar-refractivity contribution in [1.82, 2.24) is 9.97 Å². The number of hydrogen-bond acceptors (Lipinski definition) is 5. The third-order valence-corrected chi connectivity index (χ3v) is 3.43. The minimum atomic E-state index is 0.385. The van der Waals surface area contributed by atoms with Crippen LogP contribution in [0.4, 0.5) is 5.82 Å². The minimum absolute atomic E-state index is 0.385. The molecule has 0 bridgehead atoms. The van der Waals surface area contributed by atoms with E-state index >= 15 is 0 Å². The van der Waals surface area contributed by atoms with Crippen molar-refractivity contribution in [2.45, 2.75) is 20.3 Å². The fraction of sp³-hybridized carbons (Fsp3) is 0.333. The lowest BCUT2D eigenvalue weighted by Gasteiger charge is -2.13. The highest BCUT2D eigenvalue weighted by molar-refractivity contribution is 9.10. The summed E-state index contributed by atoms with van der Waals surface area (Å²) < 4.78 is 12.1. The van der Waals surface area contributed by atoms with E-state index in [-0.39, 0.29) is 0 Å². The largest absolute Gasteiger partial charge is 0.489 e. The van der Waals surface area contributed by atoms with Crippen molar-refractivity contribution in [3.05, 3.63) is 34.6 Å². The summed E-state index contributed by atoms with van der Waals surface area (Å²) in [6.45, 7) is 4.91. The van der Waals surface area contributed by atoms with Crippen LogP contribution in [0.5, 0.6) is 17.4 Å². The van der Waals surface area contributed by atoms with Crippen LogP contribution >= 0.6 is 15.9 Å². The van der Waals surface area contributed by atoms with Crippen LogP contribution in [0.1, 0.15) is 18.9 Å². The molecule has 0 saturated heterocycles. The summed E-state index contributed by atoms with van der Waals surface area (Å²) in [5.74, 6) is 2.20. The second-order valence-electron chi connectivity index (χ2n) is 4.52. The van der Waals surface area contributed by atoms with Crippen molar-refractivity contribution in [2.24, 2.45) is 0 Å². The van der Waals surface area contributed by atoms with E-state index in [4.69, 9.17) is 9.47 Å². The van der Waals surface area contributed by atoms with Gasteiger partial charge in [0.1, 0.15) is 12.1 Å². The third-order valence-electron chi connectivity index (χ3n) is 2.81. The minimum Gasteiger partial charge on any atom is -0.489 e. The Balaban J connectivity index is 2.30. The number of aromatic nitrogens is 2. The van der Waals surface area contributed by atoms with Crippen LogP contribution in [-0.4, -0.2) is 23.6 Å². The number of rotatable bonds is 6. The number of aryl methyl sites for hydroxylation is 1. The van der Waals surface area contributed by atoms with Gasteiger partial charge in [0, 0.05) is 6.54 Å². The van der Waals surface area contributed by atoms with Crippen LogP contribution in [0.3, 0.4) is 0 Å². The van der Waals surface area contributed by atoms with Crippen molar-refractivity contribution in [1.29, 1.82) is 0 Å². The van der Waals surface area contributed by atoms with E-state index in [0.717, 1.165) is 23.0 Å². The van der Waals surface area contributed by atoms with Gasteiger partial charge >= 0.3 is 0 Å². The summed E-state index contributed by atoms with van der Waals surface area (Å²) in [6.07, 6.45) is 2.45. The summed E-state index contributed by atoms with van der Waals surface area (Å²) in [4.78, 5) is 8.34. The quantitative estimate of drug-likeness (QED) is 0.846. The number of anilines is 1. The number of nitrogens with one attached hydrogen (secondary N) is 1. The van der Waals surface area contributed by atoms with Crippen molar-refractivity contribution >= 4 is 21.7 Å². The number of halogens is 1. The first-order valence-electron chi connectivity index (χ1n) is 6.72. The zero-order chi connectivity index (χ0) is 15.2. The lowest BCUT2D eigenvalue weighted by atomic mass is 10.2. The first kappa shape index (κ1) is 15.6. The van der Waals surface area contributed by atoms with Crippen molar-refractivity contribution in [2.75, 3.05) is 19.0 Å². The highest BCUT2D eigenvalue weighted by Crippen LogP contribution is 2.36. The van der Waals surface area contributed by atoms with E-state index in [9.17, 15) is 0 Å². The second-order valence-corrected chi connectivity index (χ2v) is 5.38. The number of hydrogen-bond donors (Lipinski definition) is 1. The normalized spacial score (nSPS) is 10.3. The van der Waals surface area contributed by atoms with Gasteiger partial charge in [0.15, 0.2) is 5.82 Å². The van der Waals surface area contributed by atoms with Crippen molar-refractivity contribution < 1.29 is 9.47 Å². The molecular formula is C15H18BrN3O2. The summed E-state index contributed by atoms with van der Waals surface area (Å²) >= 11 is 3.49. The smallest absolute Gasteiger partial charge is 0.268 e. The molecule has 0 unspecified atom stereocenters. The topological polar surface area (TPSA) is 56.3 Å². The molecule has 0 aliphatic rings. The third kappa shape index (κ3) is 3.85. The summed E-state index contributed by atoms with van der Waals surface area (Å²) in [5.41, 5.74) is 1.15. The molecule has 6 heteroatoms. The van der Waals surface area contributed by atoms with Gasteiger partial charge in [0.05, 0.1) is 11.6 Å². The molecule has 2 aromatic rings. The molecule has 1 aromatic carbocycles. The van der Waals surface area contributed by atoms with E-state index in [1.165, 1.54) is 6.33 Å². The molecule has 0 fully saturated rings. The predicted molar refractivity (Wildman–Crippen MR) is 86.3 cm³/mol. The Morgan fingerprint density at radius 1 is 1.29 bits per heavy atom. The maximum atomic E-state index is 5.84. The molecule has 1 aromatic heterocycles. The number of methoxy groups -OCH3 is 1. The van der Waals surface area contributed by atoms with E-state index in [2.05, 4.69) is 38.1 Å². The molecule has 0 saturated carbocycles. The Kier molecular flexibility index (Phi) is 5.38. The molecule has 0 atom stereocenters. The molecule has 0 spiro atoms. The molecule has 21 heavy (non-hydrogen) atoms. The predicted octanol–water partition coefficient (Wildman–Crippen LogP) is 4.17. The molecule has 0 aliphatic heterocycles. The zero-order valence-electron chi connectivity index (χ0n) is 12.3. The number of ether oxygens (including phenoxy) is 2. The molecule has 1 heterocycles. The molecule has 112 valence electrons. The van der Waals surface area contributed by atoms with Gasteiger partial charge in [-0.1, -0.05) is 13.0 Å². The van der Waals surface area contributed by atoms with E-state index in [0.29, 0.717) is 23.2 Å². The molecule has 1 N–H and O–H groups in total. The van der Waals surface area contributed by atoms with Crippen LogP contribution in [-0.2, 0) is 0 Å². The second kappa shape index (κ2) is 7.26. The lowest BCUT2D eigenvalue weighted by molar-refractivity contribution is 0.368. The summed E-state index contributed by atoms with van der Waals surface area (Å²) in [7, 11) is 1.58. The zero-order valence-corrected chi connectivity index (χ0v) is 13.9. The van der Waals surface area contributed by atoms with Gasteiger partial charge in [-0.15, -0.1) is 0 Å². The molecular weight excluding hydrogens is 334 g/mol. The van der Waals surface area contributed by atoms with Crippen LogP contribution in [0, 0.1) is 6.92 Å². The van der Waals surface area contributed by atoms with E-state index < -0.39 is 0 Å². The van der Waals surface area contributed by atoms with Gasteiger partial charge in [0.25, 0.3) is 5.88 Å². The highest BCUT2D eigenvalue weighted by Gasteiger charge is 2.15. The Hall–Kier alpha value is -1.82. The first-order valence-corrected chi connectivity index (χ1v) is 7.51. The highest BCUT2D eigenvalue weighted by atomic mass is 79.9.